The number of thiocarbonyl (C=S) groups is 1. The third kappa shape index (κ3) is 1.93. The van der Waals surface area contributed by atoms with Crippen molar-refractivity contribution in [3.63, 3.8) is 0 Å². The lowest BCUT2D eigenvalue weighted by atomic mass is 10.1. The van der Waals surface area contributed by atoms with E-state index in [-0.39, 0.29) is 5.54 Å². The van der Waals surface area contributed by atoms with E-state index in [1.807, 2.05) is 19.2 Å². The number of aromatic nitrogens is 1. The molecule has 1 aromatic rings. The molecule has 1 rings (SSSR count). The van der Waals surface area contributed by atoms with Crippen LogP contribution >= 0.6 is 23.6 Å². The predicted molar refractivity (Wildman–Crippen MR) is 50.2 cm³/mol. The van der Waals surface area contributed by atoms with Crippen LogP contribution in [0.2, 0.25) is 0 Å². The summed E-state index contributed by atoms with van der Waals surface area (Å²) in [6, 6.07) is 0. The van der Waals surface area contributed by atoms with Crippen LogP contribution in [0.5, 0.6) is 0 Å². The second kappa shape index (κ2) is 3.22. The highest BCUT2D eigenvalue weighted by Gasteiger charge is 2.21. The van der Waals surface area contributed by atoms with Gasteiger partial charge in [-0.15, -0.1) is 11.3 Å². The molecule has 2 nitrogen and oxygen atoms in total. The lowest BCUT2D eigenvalue weighted by molar-refractivity contribution is 0.558. The van der Waals surface area contributed by atoms with E-state index in [1.165, 1.54) is 0 Å². The summed E-state index contributed by atoms with van der Waals surface area (Å²) in [5.74, 6) is 0. The molecule has 11 heavy (non-hydrogen) atoms. The van der Waals surface area contributed by atoms with E-state index in [0.717, 1.165) is 5.01 Å². The van der Waals surface area contributed by atoms with Crippen LogP contribution in [-0.4, -0.2) is 10.1 Å². The Labute approximate surface area is 75.0 Å². The van der Waals surface area contributed by atoms with E-state index in [0.29, 0.717) is 0 Å². The zero-order valence-corrected chi connectivity index (χ0v) is 8.00. The molecule has 0 bridgehead atoms. The van der Waals surface area contributed by atoms with Crippen molar-refractivity contribution in [1.82, 2.24) is 4.98 Å². The monoisotopic (exact) mass is 184 g/mol. The van der Waals surface area contributed by atoms with Crippen molar-refractivity contribution in [1.29, 1.82) is 0 Å². The predicted octanol–water partition coefficient (Wildman–Crippen LogP) is 2.48. The summed E-state index contributed by atoms with van der Waals surface area (Å²) in [5, 5.41) is 5.27. The Bertz CT molecular complexity index is 271. The molecule has 0 unspecified atom stereocenters. The third-order valence-electron chi connectivity index (χ3n) is 1.28. The molecule has 0 N–H and O–H groups in total. The van der Waals surface area contributed by atoms with Crippen LogP contribution < -0.4 is 0 Å². The number of hydrogen-bond acceptors (Lipinski definition) is 4. The Morgan fingerprint density at radius 2 is 2.45 bits per heavy atom. The van der Waals surface area contributed by atoms with Gasteiger partial charge in [0.1, 0.15) is 10.5 Å². The Morgan fingerprint density at radius 1 is 1.73 bits per heavy atom. The van der Waals surface area contributed by atoms with E-state index < -0.39 is 0 Å². The van der Waals surface area contributed by atoms with Crippen LogP contribution in [0.3, 0.4) is 0 Å². The maximum atomic E-state index is 4.53. The summed E-state index contributed by atoms with van der Waals surface area (Å²) in [6.45, 7) is 3.93. The first-order valence-corrected chi connectivity index (χ1v) is 4.44. The molecule has 0 aliphatic carbocycles. The summed E-state index contributed by atoms with van der Waals surface area (Å²) >= 11 is 6.11. The van der Waals surface area contributed by atoms with Gasteiger partial charge in [0.2, 0.25) is 0 Å². The van der Waals surface area contributed by atoms with Crippen molar-refractivity contribution >= 4 is 28.7 Å². The van der Waals surface area contributed by atoms with Gasteiger partial charge in [-0.1, -0.05) is 0 Å². The van der Waals surface area contributed by atoms with E-state index in [4.69, 9.17) is 0 Å². The maximum absolute atomic E-state index is 4.53. The number of hydrogen-bond donors (Lipinski definition) is 0. The second-order valence-electron chi connectivity index (χ2n) is 2.60. The highest BCUT2D eigenvalue weighted by atomic mass is 32.1. The van der Waals surface area contributed by atoms with Gasteiger partial charge >= 0.3 is 0 Å². The molecule has 1 aromatic heterocycles. The fraction of sp³-hybridized carbons (Fsp3) is 0.429. The Kier molecular flexibility index (Phi) is 2.49. The number of aliphatic imine (C=N–C) groups is 1. The molecule has 0 saturated heterocycles. The van der Waals surface area contributed by atoms with Gasteiger partial charge in [0.05, 0.1) is 5.16 Å². The molecular weight excluding hydrogens is 176 g/mol. The van der Waals surface area contributed by atoms with Gasteiger partial charge in [0.15, 0.2) is 0 Å². The van der Waals surface area contributed by atoms with Crippen LogP contribution in [0.1, 0.15) is 18.9 Å². The number of nitrogens with zero attached hydrogens (tertiary/aromatic N) is 2. The SMILES string of the molecule is CC(C)(N=C=S)c1nccs1. The number of isothiocyanates is 1. The van der Waals surface area contributed by atoms with Gasteiger partial charge in [-0.25, -0.2) is 9.98 Å². The molecular formula is C7H8N2S2. The third-order valence-corrected chi connectivity index (χ3v) is 2.46. The smallest absolute Gasteiger partial charge is 0.120 e. The molecule has 0 saturated carbocycles. The average Bonchev–Trinajstić information content (AvgIpc) is 2.37. The van der Waals surface area contributed by atoms with Gasteiger partial charge in [-0.2, -0.15) is 0 Å². The molecule has 1 heterocycles. The minimum Gasteiger partial charge on any atom is -0.247 e. The first kappa shape index (κ1) is 8.53. The first-order chi connectivity index (χ1) is 5.17. The van der Waals surface area contributed by atoms with Crippen LogP contribution in [0.4, 0.5) is 0 Å². The maximum Gasteiger partial charge on any atom is 0.120 e. The van der Waals surface area contributed by atoms with E-state index in [1.54, 1.807) is 17.5 Å². The van der Waals surface area contributed by atoms with Gasteiger partial charge in [-0.3, -0.25) is 0 Å². The number of rotatable bonds is 2. The Balaban J connectivity index is 2.99. The first-order valence-electron chi connectivity index (χ1n) is 3.16. The zero-order valence-electron chi connectivity index (χ0n) is 6.37. The van der Waals surface area contributed by atoms with E-state index in [9.17, 15) is 0 Å². The summed E-state index contributed by atoms with van der Waals surface area (Å²) in [7, 11) is 0. The van der Waals surface area contributed by atoms with Gasteiger partial charge in [0, 0.05) is 11.6 Å². The highest BCUT2D eigenvalue weighted by molar-refractivity contribution is 7.78. The van der Waals surface area contributed by atoms with Gasteiger partial charge < -0.3 is 0 Å². The van der Waals surface area contributed by atoms with E-state index in [2.05, 4.69) is 27.4 Å². The van der Waals surface area contributed by atoms with Crippen LogP contribution in [0, 0.1) is 0 Å². The molecule has 4 heteroatoms. The van der Waals surface area contributed by atoms with Gasteiger partial charge in [-0.05, 0) is 26.1 Å². The van der Waals surface area contributed by atoms with Crippen LogP contribution in [0.25, 0.3) is 0 Å². The molecule has 0 aliphatic heterocycles. The standard InChI is InChI=1S/C7H8N2S2/c1-7(2,9-5-10)6-8-3-4-11-6/h3-4H,1-2H3. The van der Waals surface area contributed by atoms with Crippen LogP contribution in [0.15, 0.2) is 16.6 Å². The minimum absolute atomic E-state index is 0.310. The lowest BCUT2D eigenvalue weighted by Crippen LogP contribution is -2.12. The molecule has 0 amide bonds. The van der Waals surface area contributed by atoms with Gasteiger partial charge in [0.25, 0.3) is 0 Å². The zero-order chi connectivity index (χ0) is 8.32. The van der Waals surface area contributed by atoms with Crippen molar-refractivity contribution in [2.24, 2.45) is 4.99 Å². The lowest BCUT2D eigenvalue weighted by Gasteiger charge is -2.12. The highest BCUT2D eigenvalue weighted by Crippen LogP contribution is 2.25. The van der Waals surface area contributed by atoms with Crippen molar-refractivity contribution in [3.8, 4) is 0 Å². The molecule has 0 fully saturated rings. The fourth-order valence-corrected chi connectivity index (χ4v) is 1.62. The van der Waals surface area contributed by atoms with Crippen LogP contribution in [-0.2, 0) is 5.54 Å². The Hall–Kier alpha value is -0.570. The molecule has 0 atom stereocenters. The summed E-state index contributed by atoms with van der Waals surface area (Å²) in [4.78, 5) is 8.16. The largest absolute Gasteiger partial charge is 0.247 e. The molecule has 0 aromatic carbocycles. The molecule has 0 aliphatic rings. The van der Waals surface area contributed by atoms with Crippen molar-refractivity contribution < 1.29 is 0 Å². The molecule has 0 radical (unpaired) electrons. The molecule has 58 valence electrons. The summed E-state index contributed by atoms with van der Waals surface area (Å²) in [5.41, 5.74) is -0.310. The quantitative estimate of drug-likeness (QED) is 0.521. The van der Waals surface area contributed by atoms with E-state index >= 15 is 0 Å². The minimum atomic E-state index is -0.310. The number of thiazole rings is 1. The topological polar surface area (TPSA) is 25.2 Å². The normalized spacial score (nSPS) is 10.7. The average molecular weight is 184 g/mol. The molecule has 0 spiro atoms. The van der Waals surface area contributed by atoms with Crippen molar-refractivity contribution in [2.45, 2.75) is 19.4 Å². The Morgan fingerprint density at radius 3 is 2.91 bits per heavy atom. The summed E-state index contributed by atoms with van der Waals surface area (Å²) < 4.78 is 0. The summed E-state index contributed by atoms with van der Waals surface area (Å²) in [6.07, 6.45) is 1.76. The van der Waals surface area contributed by atoms with Crippen molar-refractivity contribution in [3.05, 3.63) is 16.6 Å². The fourth-order valence-electron chi connectivity index (χ4n) is 0.688. The second-order valence-corrected chi connectivity index (χ2v) is 3.68. The van der Waals surface area contributed by atoms with Crippen molar-refractivity contribution in [2.75, 3.05) is 0 Å².